The largest absolute Gasteiger partial charge is 0.324 e. The van der Waals surface area contributed by atoms with Crippen LogP contribution < -0.4 is 9.62 Å². The summed E-state index contributed by atoms with van der Waals surface area (Å²) >= 11 is 6.00. The lowest BCUT2D eigenvalue weighted by atomic mass is 10.1. The van der Waals surface area contributed by atoms with Gasteiger partial charge in [0.2, 0.25) is 15.9 Å². The number of rotatable bonds is 7. The molecule has 0 aliphatic heterocycles. The molecule has 1 N–H and O–H groups in total. The second kappa shape index (κ2) is 9.28. The monoisotopic (exact) mass is 443 g/mol. The molecule has 8 heteroatoms. The van der Waals surface area contributed by atoms with Gasteiger partial charge in [0.25, 0.3) is 0 Å². The van der Waals surface area contributed by atoms with E-state index in [2.05, 4.69) is 10.3 Å². The molecule has 0 radical (unpaired) electrons. The summed E-state index contributed by atoms with van der Waals surface area (Å²) in [6, 6.07) is 16.8. The summed E-state index contributed by atoms with van der Waals surface area (Å²) in [5, 5.41) is 3.17. The van der Waals surface area contributed by atoms with Crippen LogP contribution in [-0.4, -0.2) is 31.6 Å². The Labute approximate surface area is 181 Å². The number of nitrogens with zero attached hydrogens (tertiary/aromatic N) is 2. The molecule has 0 unspecified atom stereocenters. The molecule has 30 heavy (non-hydrogen) atoms. The summed E-state index contributed by atoms with van der Waals surface area (Å²) in [4.78, 5) is 16.8. The molecule has 0 spiro atoms. The summed E-state index contributed by atoms with van der Waals surface area (Å²) in [6.07, 6.45) is 5.31. The lowest BCUT2D eigenvalue weighted by Crippen LogP contribution is -2.45. The molecule has 0 aliphatic carbocycles. The van der Waals surface area contributed by atoms with Gasteiger partial charge in [0.15, 0.2) is 0 Å². The lowest BCUT2D eigenvalue weighted by molar-refractivity contribution is -0.116. The fourth-order valence-corrected chi connectivity index (χ4v) is 4.46. The van der Waals surface area contributed by atoms with Crippen molar-refractivity contribution in [1.29, 1.82) is 0 Å². The number of sulfonamides is 1. The van der Waals surface area contributed by atoms with Crippen LogP contribution in [0.25, 0.3) is 0 Å². The third-order valence-electron chi connectivity index (χ3n) is 4.53. The highest BCUT2D eigenvalue weighted by Gasteiger charge is 2.29. The number of carbonyl (C=O) groups excluding carboxylic acids is 1. The highest BCUT2D eigenvalue weighted by molar-refractivity contribution is 7.92. The number of halogens is 1. The first-order valence-corrected chi connectivity index (χ1v) is 11.5. The molecular formula is C22H22ClN3O3S. The maximum absolute atomic E-state index is 12.8. The summed E-state index contributed by atoms with van der Waals surface area (Å²) in [6.45, 7) is 1.54. The van der Waals surface area contributed by atoms with Crippen molar-refractivity contribution >= 4 is 38.9 Å². The Morgan fingerprint density at radius 1 is 1.07 bits per heavy atom. The molecule has 156 valence electrons. The van der Waals surface area contributed by atoms with Gasteiger partial charge in [-0.3, -0.25) is 14.1 Å². The molecule has 0 bridgehead atoms. The van der Waals surface area contributed by atoms with E-state index in [4.69, 9.17) is 11.6 Å². The average Bonchev–Trinajstić information content (AvgIpc) is 2.69. The van der Waals surface area contributed by atoms with Gasteiger partial charge in [-0.05, 0) is 66.9 Å². The Bertz CT molecular complexity index is 1120. The molecule has 6 nitrogen and oxygen atoms in total. The van der Waals surface area contributed by atoms with E-state index in [9.17, 15) is 13.2 Å². The minimum absolute atomic E-state index is 0.334. The highest BCUT2D eigenvalue weighted by atomic mass is 35.5. The first-order valence-electron chi connectivity index (χ1n) is 9.28. The summed E-state index contributed by atoms with van der Waals surface area (Å²) < 4.78 is 25.8. The normalized spacial score (nSPS) is 12.2. The summed E-state index contributed by atoms with van der Waals surface area (Å²) in [5.41, 5.74) is 3.15. The van der Waals surface area contributed by atoms with Gasteiger partial charge in [0.1, 0.15) is 6.04 Å². The molecule has 0 fully saturated rings. The number of nitrogens with one attached hydrogen (secondary N) is 1. The molecule has 0 aliphatic rings. The smallest absolute Gasteiger partial charge is 0.247 e. The molecule has 0 saturated heterocycles. The topological polar surface area (TPSA) is 79.4 Å². The molecule has 1 aromatic heterocycles. The van der Waals surface area contributed by atoms with Crippen molar-refractivity contribution in [1.82, 2.24) is 4.98 Å². The van der Waals surface area contributed by atoms with Gasteiger partial charge in [0.05, 0.1) is 11.9 Å². The highest BCUT2D eigenvalue weighted by Crippen LogP contribution is 2.25. The number of hydrogen-bond donors (Lipinski definition) is 1. The van der Waals surface area contributed by atoms with Crippen LogP contribution >= 0.6 is 11.6 Å². The zero-order valence-electron chi connectivity index (χ0n) is 16.6. The molecule has 3 rings (SSSR count). The van der Waals surface area contributed by atoms with E-state index in [1.807, 2.05) is 24.3 Å². The van der Waals surface area contributed by atoms with Crippen molar-refractivity contribution in [3.63, 3.8) is 0 Å². The average molecular weight is 444 g/mol. The predicted octanol–water partition coefficient (Wildman–Crippen LogP) is 4.12. The van der Waals surface area contributed by atoms with Crippen molar-refractivity contribution in [2.75, 3.05) is 15.9 Å². The van der Waals surface area contributed by atoms with Crippen molar-refractivity contribution < 1.29 is 13.2 Å². The van der Waals surface area contributed by atoms with Gasteiger partial charge in [-0.2, -0.15) is 0 Å². The number of aromatic nitrogens is 1. The standard InChI is InChI=1S/C22H22ClN3O3S/c1-16(26(30(2,28)29)21-5-3-4-19(23)15-21)22(27)25-20-8-6-17(7-9-20)14-18-10-12-24-13-11-18/h3-13,15-16H,14H2,1-2H3,(H,25,27)/t16-/m0/s1. The fourth-order valence-electron chi connectivity index (χ4n) is 3.11. The molecule has 2 aromatic carbocycles. The second-order valence-electron chi connectivity index (χ2n) is 6.93. The van der Waals surface area contributed by atoms with E-state index in [0.29, 0.717) is 16.4 Å². The Morgan fingerprint density at radius 3 is 2.30 bits per heavy atom. The molecular weight excluding hydrogens is 422 g/mol. The van der Waals surface area contributed by atoms with Crippen LogP contribution in [0.5, 0.6) is 0 Å². The third kappa shape index (κ3) is 5.58. The van der Waals surface area contributed by atoms with Crippen molar-refractivity contribution in [2.24, 2.45) is 0 Å². The van der Waals surface area contributed by atoms with E-state index in [0.717, 1.165) is 28.1 Å². The predicted molar refractivity (Wildman–Crippen MR) is 120 cm³/mol. The molecule has 1 atom stereocenters. The quantitative estimate of drug-likeness (QED) is 0.595. The molecule has 0 saturated carbocycles. The van der Waals surface area contributed by atoms with Crippen LogP contribution in [0.2, 0.25) is 5.02 Å². The number of hydrogen-bond acceptors (Lipinski definition) is 4. The Balaban J connectivity index is 1.73. The molecule has 3 aromatic rings. The zero-order chi connectivity index (χ0) is 21.7. The number of benzene rings is 2. The third-order valence-corrected chi connectivity index (χ3v) is 6.01. The number of anilines is 2. The summed E-state index contributed by atoms with van der Waals surface area (Å²) in [7, 11) is -3.70. The van der Waals surface area contributed by atoms with Crippen LogP contribution in [0.3, 0.4) is 0 Å². The SMILES string of the molecule is C[C@@H](C(=O)Nc1ccc(Cc2ccncc2)cc1)N(c1cccc(Cl)c1)S(C)(=O)=O. The zero-order valence-corrected chi connectivity index (χ0v) is 18.2. The lowest BCUT2D eigenvalue weighted by Gasteiger charge is -2.28. The van der Waals surface area contributed by atoms with Crippen molar-refractivity contribution in [3.8, 4) is 0 Å². The summed E-state index contributed by atoms with van der Waals surface area (Å²) in [5.74, 6) is -0.442. The van der Waals surface area contributed by atoms with E-state index in [1.54, 1.807) is 42.7 Å². The van der Waals surface area contributed by atoms with E-state index in [1.165, 1.54) is 13.0 Å². The van der Waals surface area contributed by atoms with Crippen molar-refractivity contribution in [2.45, 2.75) is 19.4 Å². The van der Waals surface area contributed by atoms with Gasteiger partial charge in [0, 0.05) is 23.1 Å². The first kappa shape index (κ1) is 21.8. The number of carbonyl (C=O) groups is 1. The van der Waals surface area contributed by atoms with Crippen molar-refractivity contribution in [3.05, 3.63) is 89.2 Å². The maximum atomic E-state index is 12.8. The minimum atomic E-state index is -3.70. The van der Waals surface area contributed by atoms with Gasteiger partial charge in [-0.25, -0.2) is 8.42 Å². The Kier molecular flexibility index (Phi) is 6.74. The number of pyridine rings is 1. The van der Waals surface area contributed by atoms with Gasteiger partial charge in [-0.1, -0.05) is 29.8 Å². The van der Waals surface area contributed by atoms with E-state index < -0.39 is 22.0 Å². The van der Waals surface area contributed by atoms with Gasteiger partial charge < -0.3 is 5.32 Å². The van der Waals surface area contributed by atoms with Crippen LogP contribution in [0.1, 0.15) is 18.1 Å². The van der Waals surface area contributed by atoms with Gasteiger partial charge >= 0.3 is 0 Å². The Morgan fingerprint density at radius 2 is 1.70 bits per heavy atom. The van der Waals surface area contributed by atoms with E-state index in [-0.39, 0.29) is 0 Å². The molecule has 1 amide bonds. The maximum Gasteiger partial charge on any atom is 0.247 e. The van der Waals surface area contributed by atoms with Crippen LogP contribution in [-0.2, 0) is 21.2 Å². The van der Waals surface area contributed by atoms with Gasteiger partial charge in [-0.15, -0.1) is 0 Å². The molecule has 1 heterocycles. The van der Waals surface area contributed by atoms with E-state index >= 15 is 0 Å². The first-order chi connectivity index (χ1) is 14.2. The second-order valence-corrected chi connectivity index (χ2v) is 9.23. The number of amides is 1. The Hall–Kier alpha value is -2.90. The van der Waals surface area contributed by atoms with Crippen LogP contribution in [0.4, 0.5) is 11.4 Å². The van der Waals surface area contributed by atoms with Crippen LogP contribution in [0.15, 0.2) is 73.1 Å². The minimum Gasteiger partial charge on any atom is -0.324 e. The fraction of sp³-hybridized carbons (Fsp3) is 0.182. The van der Waals surface area contributed by atoms with Crippen LogP contribution in [0, 0.1) is 0 Å².